The van der Waals surface area contributed by atoms with Gasteiger partial charge in [0, 0.05) is 36.5 Å². The number of benzene rings is 2. The predicted octanol–water partition coefficient (Wildman–Crippen LogP) is 5.35. The molecule has 1 aliphatic rings. The fourth-order valence-electron chi connectivity index (χ4n) is 3.72. The molecule has 0 radical (unpaired) electrons. The fraction of sp³-hybridized carbons (Fsp3) is 0.308. The molecule has 2 aromatic carbocycles. The summed E-state index contributed by atoms with van der Waals surface area (Å²) < 4.78 is 31.7. The minimum Gasteiger partial charge on any atom is -0.475 e. The van der Waals surface area contributed by atoms with Gasteiger partial charge in [-0.2, -0.15) is 18.2 Å². The van der Waals surface area contributed by atoms with Gasteiger partial charge in [0.2, 0.25) is 11.9 Å². The summed E-state index contributed by atoms with van der Waals surface area (Å²) in [7, 11) is 0. The average molecular weight is 550 g/mol. The van der Waals surface area contributed by atoms with E-state index >= 15 is 0 Å². The van der Waals surface area contributed by atoms with E-state index in [0.29, 0.717) is 24.1 Å². The monoisotopic (exact) mass is 549 g/mol. The Morgan fingerprint density at radius 1 is 1.16 bits per heavy atom. The Morgan fingerprint density at radius 3 is 2.53 bits per heavy atom. The highest BCUT2D eigenvalue weighted by atomic mass is 35.5. The van der Waals surface area contributed by atoms with Crippen molar-refractivity contribution in [3.05, 3.63) is 76.9 Å². The zero-order valence-corrected chi connectivity index (χ0v) is 21.3. The lowest BCUT2D eigenvalue weighted by molar-refractivity contribution is -0.192. The minimum absolute atomic E-state index is 0.0569. The molecular formula is C26H27ClF3N5O3. The number of piperidine rings is 1. The third kappa shape index (κ3) is 8.91. The molecule has 8 nitrogen and oxygen atoms in total. The maximum Gasteiger partial charge on any atom is 0.490 e. The van der Waals surface area contributed by atoms with Crippen LogP contribution in [0.15, 0.2) is 60.8 Å². The molecule has 1 atom stereocenters. The molecule has 38 heavy (non-hydrogen) atoms. The molecule has 0 bridgehead atoms. The van der Waals surface area contributed by atoms with Gasteiger partial charge in [-0.05, 0) is 49.6 Å². The van der Waals surface area contributed by atoms with E-state index in [9.17, 15) is 18.0 Å². The van der Waals surface area contributed by atoms with E-state index in [0.717, 1.165) is 36.5 Å². The number of aryl methyl sites for hydroxylation is 1. The van der Waals surface area contributed by atoms with Crippen molar-refractivity contribution >= 4 is 40.9 Å². The van der Waals surface area contributed by atoms with Gasteiger partial charge in [-0.25, -0.2) is 9.78 Å². The van der Waals surface area contributed by atoms with Gasteiger partial charge in [0.1, 0.15) is 5.82 Å². The van der Waals surface area contributed by atoms with Crippen molar-refractivity contribution in [1.82, 2.24) is 15.3 Å². The highest BCUT2D eigenvalue weighted by molar-refractivity contribution is 6.30. The van der Waals surface area contributed by atoms with E-state index in [1.165, 1.54) is 5.56 Å². The van der Waals surface area contributed by atoms with Crippen LogP contribution in [0.4, 0.5) is 30.6 Å². The molecule has 12 heteroatoms. The SMILES string of the molecule is Cc1ccc(CNC(=O)[C@H]2CCCN(c3ccnc(Nc4cccc(Cl)c4)n3)C2)cc1.O=C(O)C(F)(F)F. The lowest BCUT2D eigenvalue weighted by atomic mass is 9.97. The van der Waals surface area contributed by atoms with E-state index in [-0.39, 0.29) is 11.8 Å². The van der Waals surface area contributed by atoms with Crippen molar-refractivity contribution < 1.29 is 27.9 Å². The summed E-state index contributed by atoms with van der Waals surface area (Å²) in [4.78, 5) is 32.8. The Bertz CT molecular complexity index is 1240. The van der Waals surface area contributed by atoms with E-state index in [1.807, 2.05) is 30.3 Å². The number of hydrogen-bond acceptors (Lipinski definition) is 6. The number of carbonyl (C=O) groups excluding carboxylic acids is 1. The molecule has 4 rings (SSSR count). The molecule has 1 amide bonds. The van der Waals surface area contributed by atoms with Crippen LogP contribution in [0, 0.1) is 12.8 Å². The van der Waals surface area contributed by atoms with Crippen molar-refractivity contribution in [2.24, 2.45) is 5.92 Å². The summed E-state index contributed by atoms with van der Waals surface area (Å²) in [5, 5.41) is 14.0. The fourth-order valence-corrected chi connectivity index (χ4v) is 3.91. The Balaban J connectivity index is 0.000000505. The third-order valence-corrected chi connectivity index (χ3v) is 5.90. The lowest BCUT2D eigenvalue weighted by Gasteiger charge is -2.33. The van der Waals surface area contributed by atoms with Gasteiger partial charge in [0.15, 0.2) is 0 Å². The lowest BCUT2D eigenvalue weighted by Crippen LogP contribution is -2.43. The third-order valence-electron chi connectivity index (χ3n) is 5.67. The summed E-state index contributed by atoms with van der Waals surface area (Å²) in [6.45, 7) is 4.13. The highest BCUT2D eigenvalue weighted by Crippen LogP contribution is 2.24. The predicted molar refractivity (Wildman–Crippen MR) is 138 cm³/mol. The number of carbonyl (C=O) groups is 2. The molecule has 1 aromatic heterocycles. The number of carboxylic acids is 1. The highest BCUT2D eigenvalue weighted by Gasteiger charge is 2.38. The molecule has 202 valence electrons. The van der Waals surface area contributed by atoms with E-state index in [4.69, 9.17) is 21.5 Å². The summed E-state index contributed by atoms with van der Waals surface area (Å²) in [6, 6.07) is 17.6. The molecule has 2 heterocycles. The maximum atomic E-state index is 12.8. The number of nitrogens with one attached hydrogen (secondary N) is 2. The van der Waals surface area contributed by atoms with Crippen LogP contribution < -0.4 is 15.5 Å². The average Bonchev–Trinajstić information content (AvgIpc) is 2.88. The summed E-state index contributed by atoms with van der Waals surface area (Å²) >= 11 is 6.05. The van der Waals surface area contributed by atoms with Crippen LogP contribution in [0.2, 0.25) is 5.02 Å². The Hall–Kier alpha value is -3.86. The van der Waals surface area contributed by atoms with Crippen LogP contribution in [0.3, 0.4) is 0 Å². The molecule has 0 saturated carbocycles. The first-order valence-corrected chi connectivity index (χ1v) is 12.1. The molecule has 0 spiro atoms. The van der Waals surface area contributed by atoms with Crippen molar-refractivity contribution in [1.29, 1.82) is 0 Å². The molecule has 1 fully saturated rings. The second kappa shape index (κ2) is 13.1. The molecule has 0 unspecified atom stereocenters. The number of amides is 1. The maximum absolute atomic E-state index is 12.8. The van der Waals surface area contributed by atoms with E-state index in [2.05, 4.69) is 56.7 Å². The number of carboxylic acid groups (broad SMARTS) is 1. The summed E-state index contributed by atoms with van der Waals surface area (Å²) in [6.07, 6.45) is -1.52. The Kier molecular flexibility index (Phi) is 9.89. The number of hydrogen-bond donors (Lipinski definition) is 3. The minimum atomic E-state index is -5.08. The summed E-state index contributed by atoms with van der Waals surface area (Å²) in [5.41, 5.74) is 3.16. The van der Waals surface area contributed by atoms with Crippen molar-refractivity contribution in [2.75, 3.05) is 23.3 Å². The van der Waals surface area contributed by atoms with Crippen LogP contribution in [-0.4, -0.2) is 46.2 Å². The number of aromatic nitrogens is 2. The number of rotatable bonds is 6. The number of alkyl halides is 3. The molecule has 1 aliphatic heterocycles. The molecule has 3 N–H and O–H groups in total. The van der Waals surface area contributed by atoms with Gasteiger partial charge in [0.25, 0.3) is 0 Å². The zero-order chi connectivity index (χ0) is 27.7. The second-order valence-corrected chi connectivity index (χ2v) is 9.10. The van der Waals surface area contributed by atoms with Crippen LogP contribution in [0.1, 0.15) is 24.0 Å². The van der Waals surface area contributed by atoms with Gasteiger partial charge >= 0.3 is 12.1 Å². The van der Waals surface area contributed by atoms with Crippen molar-refractivity contribution in [3.63, 3.8) is 0 Å². The topological polar surface area (TPSA) is 107 Å². The number of nitrogens with zero attached hydrogens (tertiary/aromatic N) is 3. The molecular weight excluding hydrogens is 523 g/mol. The first-order valence-electron chi connectivity index (χ1n) is 11.7. The number of aliphatic carboxylic acids is 1. The van der Waals surface area contributed by atoms with Crippen LogP contribution in [0.25, 0.3) is 0 Å². The Labute approximate surface area is 222 Å². The van der Waals surface area contributed by atoms with Crippen LogP contribution in [-0.2, 0) is 16.1 Å². The normalized spacial score (nSPS) is 15.2. The van der Waals surface area contributed by atoms with Gasteiger partial charge in [-0.3, -0.25) is 4.79 Å². The van der Waals surface area contributed by atoms with Crippen molar-refractivity contribution in [2.45, 2.75) is 32.5 Å². The number of halogens is 4. The first-order chi connectivity index (χ1) is 18.0. The van der Waals surface area contributed by atoms with E-state index in [1.54, 1.807) is 6.20 Å². The molecule has 3 aromatic rings. The van der Waals surface area contributed by atoms with Gasteiger partial charge in [-0.15, -0.1) is 0 Å². The van der Waals surface area contributed by atoms with E-state index < -0.39 is 12.1 Å². The zero-order valence-electron chi connectivity index (χ0n) is 20.5. The van der Waals surface area contributed by atoms with Crippen molar-refractivity contribution in [3.8, 4) is 0 Å². The summed E-state index contributed by atoms with van der Waals surface area (Å²) in [5.74, 6) is -1.40. The van der Waals surface area contributed by atoms with Gasteiger partial charge < -0.3 is 20.6 Å². The molecule has 1 saturated heterocycles. The second-order valence-electron chi connectivity index (χ2n) is 8.67. The molecule has 0 aliphatic carbocycles. The Morgan fingerprint density at radius 2 is 1.87 bits per heavy atom. The van der Waals surface area contributed by atoms with Crippen LogP contribution >= 0.6 is 11.6 Å². The quantitative estimate of drug-likeness (QED) is 0.380. The number of anilines is 3. The first kappa shape index (κ1) is 28.7. The standard InChI is InChI=1S/C24H26ClN5O.C2HF3O2/c1-17-7-9-18(10-8-17)15-27-23(31)19-4-3-13-30(16-19)22-11-12-26-24(29-22)28-21-6-2-5-20(25)14-21;3-2(4,5)1(6)7/h2,5-12,14,19H,3-4,13,15-16H2,1H3,(H,27,31)(H,26,28,29);(H,6,7)/t19-;/m0./s1. The smallest absolute Gasteiger partial charge is 0.475 e. The van der Waals surface area contributed by atoms with Gasteiger partial charge in [0.05, 0.1) is 5.92 Å². The largest absolute Gasteiger partial charge is 0.490 e. The van der Waals surface area contributed by atoms with Crippen LogP contribution in [0.5, 0.6) is 0 Å². The van der Waals surface area contributed by atoms with Gasteiger partial charge in [-0.1, -0.05) is 47.5 Å².